The molecular weight excluding hydrogens is 412 g/mol. The number of hydrogen-bond acceptors (Lipinski definition) is 7. The second-order valence-electron chi connectivity index (χ2n) is 8.03. The predicted molar refractivity (Wildman–Crippen MR) is 119 cm³/mol. The third-order valence-electron chi connectivity index (χ3n) is 5.67. The van der Waals surface area contributed by atoms with Crippen LogP contribution in [0.25, 0.3) is 0 Å². The Kier molecular flexibility index (Phi) is 8.90. The zero-order valence-electron chi connectivity index (χ0n) is 19.2. The quantitative estimate of drug-likeness (QED) is 0.349. The van der Waals surface area contributed by atoms with Crippen LogP contribution in [-0.4, -0.2) is 47.5 Å². The van der Waals surface area contributed by atoms with Crippen molar-refractivity contribution < 1.29 is 33.2 Å². The Labute approximate surface area is 189 Å². The van der Waals surface area contributed by atoms with Gasteiger partial charge in [0.1, 0.15) is 17.2 Å². The number of carbonyl (C=O) groups excluding carboxylic acids is 1. The van der Waals surface area contributed by atoms with Crippen LogP contribution in [0.4, 0.5) is 0 Å². The lowest BCUT2D eigenvalue weighted by Crippen LogP contribution is -2.19. The summed E-state index contributed by atoms with van der Waals surface area (Å²) in [5.74, 6) is 2.45. The normalized spacial score (nSPS) is 20.2. The molecule has 1 saturated carbocycles. The van der Waals surface area contributed by atoms with Gasteiger partial charge in [-0.2, -0.15) is 0 Å². The Morgan fingerprint density at radius 1 is 0.812 bits per heavy atom. The van der Waals surface area contributed by atoms with Crippen molar-refractivity contribution in [3.63, 3.8) is 0 Å². The first-order chi connectivity index (χ1) is 15.6. The number of methoxy groups -OCH3 is 3. The van der Waals surface area contributed by atoms with Crippen LogP contribution in [0.3, 0.4) is 0 Å². The molecule has 1 fully saturated rings. The fourth-order valence-corrected chi connectivity index (χ4v) is 4.27. The van der Waals surface area contributed by atoms with Crippen molar-refractivity contribution in [1.82, 2.24) is 0 Å². The van der Waals surface area contributed by atoms with E-state index in [1.165, 1.54) is 0 Å². The maximum atomic E-state index is 13.5. The summed E-state index contributed by atoms with van der Waals surface area (Å²) in [5.41, 5.74) is 1.63. The maximum Gasteiger partial charge on any atom is 0.188 e. The maximum absolute atomic E-state index is 13.5. The van der Waals surface area contributed by atoms with Gasteiger partial charge in [0.2, 0.25) is 0 Å². The van der Waals surface area contributed by atoms with Crippen molar-refractivity contribution in [2.24, 2.45) is 11.8 Å². The van der Waals surface area contributed by atoms with Crippen LogP contribution < -0.4 is 14.2 Å². The molecule has 0 spiro atoms. The molecule has 7 heteroatoms. The molecule has 3 atom stereocenters. The molecule has 0 heterocycles. The van der Waals surface area contributed by atoms with Crippen molar-refractivity contribution in [3.05, 3.63) is 53.6 Å². The summed E-state index contributed by atoms with van der Waals surface area (Å²) in [6.07, 6.45) is 1.71. The second kappa shape index (κ2) is 11.9. The molecule has 1 aliphatic rings. The molecule has 2 aromatic carbocycles. The number of ketones is 1. The summed E-state index contributed by atoms with van der Waals surface area (Å²) in [5, 5.41) is 0. The molecule has 1 aliphatic carbocycles. The number of hydrogen-bond donors (Lipinski definition) is 0. The van der Waals surface area contributed by atoms with E-state index in [1.54, 1.807) is 33.5 Å². The highest BCUT2D eigenvalue weighted by Crippen LogP contribution is 2.48. The average molecular weight is 445 g/mol. The summed E-state index contributed by atoms with van der Waals surface area (Å²) in [7, 11) is 4.73. The fraction of sp³-hybridized carbons (Fsp3) is 0.480. The van der Waals surface area contributed by atoms with E-state index in [2.05, 4.69) is 6.92 Å². The van der Waals surface area contributed by atoms with E-state index in [0.717, 1.165) is 18.4 Å². The molecule has 3 rings (SSSR count). The molecule has 0 unspecified atom stereocenters. The molecule has 2 aromatic rings. The minimum absolute atomic E-state index is 0.0138. The van der Waals surface area contributed by atoms with Crippen LogP contribution in [-0.2, 0) is 14.2 Å². The Balaban J connectivity index is 1.87. The fourth-order valence-electron chi connectivity index (χ4n) is 4.27. The third-order valence-corrected chi connectivity index (χ3v) is 5.67. The minimum atomic E-state index is -0.154. The third kappa shape index (κ3) is 6.00. The molecular formula is C25H32O7. The van der Waals surface area contributed by atoms with Gasteiger partial charge in [-0.3, -0.25) is 4.79 Å². The monoisotopic (exact) mass is 444 g/mol. The van der Waals surface area contributed by atoms with Gasteiger partial charge >= 0.3 is 0 Å². The number of Topliss-reactive ketones (excluding diaryl/α,β-unsaturated/α-hetero) is 1. The van der Waals surface area contributed by atoms with E-state index >= 15 is 0 Å². The van der Waals surface area contributed by atoms with E-state index < -0.39 is 0 Å². The summed E-state index contributed by atoms with van der Waals surface area (Å²) >= 11 is 0. The van der Waals surface area contributed by atoms with Crippen LogP contribution in [0, 0.1) is 11.8 Å². The van der Waals surface area contributed by atoms with Gasteiger partial charge in [0.25, 0.3) is 0 Å². The topological polar surface area (TPSA) is 72.5 Å². The lowest BCUT2D eigenvalue weighted by Gasteiger charge is -2.23. The van der Waals surface area contributed by atoms with Gasteiger partial charge in [-0.1, -0.05) is 6.92 Å². The zero-order valence-corrected chi connectivity index (χ0v) is 19.2. The van der Waals surface area contributed by atoms with Gasteiger partial charge in [-0.25, -0.2) is 0 Å². The van der Waals surface area contributed by atoms with Crippen LogP contribution in [0.15, 0.2) is 42.5 Å². The SMILES string of the molecule is COCOc1ccc(C(=O)[C@H]2C[C@H](C)C[C@@H]2c2cc(OCOC)ccc2OCOC)cc1. The molecule has 0 aliphatic heterocycles. The first kappa shape index (κ1) is 24.0. The highest BCUT2D eigenvalue weighted by atomic mass is 16.7. The zero-order chi connectivity index (χ0) is 22.9. The molecule has 0 bridgehead atoms. The van der Waals surface area contributed by atoms with Gasteiger partial charge in [-0.15, -0.1) is 0 Å². The number of carbonyl (C=O) groups is 1. The molecule has 7 nitrogen and oxygen atoms in total. The summed E-state index contributed by atoms with van der Waals surface area (Å²) in [6, 6.07) is 12.9. The van der Waals surface area contributed by atoms with Gasteiger partial charge in [0.05, 0.1) is 0 Å². The largest absolute Gasteiger partial charge is 0.468 e. The highest BCUT2D eigenvalue weighted by molar-refractivity contribution is 5.98. The van der Waals surface area contributed by atoms with Crippen LogP contribution in [0.5, 0.6) is 17.2 Å². The number of benzene rings is 2. The number of ether oxygens (including phenoxy) is 6. The average Bonchev–Trinajstić information content (AvgIpc) is 3.21. The molecule has 0 radical (unpaired) electrons. The van der Waals surface area contributed by atoms with E-state index in [-0.39, 0.29) is 38.0 Å². The Morgan fingerprint density at radius 2 is 1.41 bits per heavy atom. The Bertz CT molecular complexity index is 865. The summed E-state index contributed by atoms with van der Waals surface area (Å²) < 4.78 is 32.0. The van der Waals surface area contributed by atoms with E-state index in [1.807, 2.05) is 30.3 Å². The smallest absolute Gasteiger partial charge is 0.188 e. The minimum Gasteiger partial charge on any atom is -0.468 e. The molecule has 32 heavy (non-hydrogen) atoms. The van der Waals surface area contributed by atoms with Gasteiger partial charge in [-0.05, 0) is 67.1 Å². The van der Waals surface area contributed by atoms with Gasteiger partial charge in [0, 0.05) is 38.4 Å². The summed E-state index contributed by atoms with van der Waals surface area (Å²) in [4.78, 5) is 13.5. The lowest BCUT2D eigenvalue weighted by molar-refractivity contribution is 0.0473. The van der Waals surface area contributed by atoms with Gasteiger partial charge in [0.15, 0.2) is 26.2 Å². The lowest BCUT2D eigenvalue weighted by atomic mass is 9.83. The van der Waals surface area contributed by atoms with Crippen LogP contribution in [0.1, 0.15) is 41.6 Å². The van der Waals surface area contributed by atoms with Crippen molar-refractivity contribution in [3.8, 4) is 17.2 Å². The van der Waals surface area contributed by atoms with Crippen molar-refractivity contribution >= 4 is 5.78 Å². The van der Waals surface area contributed by atoms with Gasteiger partial charge < -0.3 is 28.4 Å². The van der Waals surface area contributed by atoms with E-state index in [4.69, 9.17) is 28.4 Å². The van der Waals surface area contributed by atoms with Crippen molar-refractivity contribution in [2.75, 3.05) is 41.7 Å². The Morgan fingerprint density at radius 3 is 2.06 bits per heavy atom. The van der Waals surface area contributed by atoms with Crippen molar-refractivity contribution in [1.29, 1.82) is 0 Å². The van der Waals surface area contributed by atoms with Crippen LogP contribution >= 0.6 is 0 Å². The highest BCUT2D eigenvalue weighted by Gasteiger charge is 2.39. The Hall–Kier alpha value is -2.61. The summed E-state index contributed by atoms with van der Waals surface area (Å²) in [6.45, 7) is 2.64. The molecule has 0 aromatic heterocycles. The first-order valence-corrected chi connectivity index (χ1v) is 10.7. The molecule has 0 N–H and O–H groups in total. The van der Waals surface area contributed by atoms with E-state index in [0.29, 0.717) is 28.7 Å². The second-order valence-corrected chi connectivity index (χ2v) is 8.03. The van der Waals surface area contributed by atoms with Crippen LogP contribution in [0.2, 0.25) is 0 Å². The first-order valence-electron chi connectivity index (χ1n) is 10.7. The number of rotatable bonds is 12. The van der Waals surface area contributed by atoms with E-state index in [9.17, 15) is 4.79 Å². The standard InChI is InChI=1S/C25H32O7/c1-17-11-21(22-13-20(31-15-28-3)9-10-24(22)32-16-29-4)23(12-17)25(26)18-5-7-19(8-6-18)30-14-27-2/h5-10,13,17,21,23H,11-12,14-16H2,1-4H3/t17-,21-,23+/m1/s1. The predicted octanol–water partition coefficient (Wildman–Crippen LogP) is 4.65. The van der Waals surface area contributed by atoms with Crippen molar-refractivity contribution in [2.45, 2.75) is 25.7 Å². The molecule has 0 saturated heterocycles. The molecule has 174 valence electrons. The molecule has 0 amide bonds.